The van der Waals surface area contributed by atoms with Gasteiger partial charge in [-0.05, 0) is 39.0 Å². The Morgan fingerprint density at radius 2 is 2.21 bits per heavy atom. The molecule has 0 atom stereocenters. The summed E-state index contributed by atoms with van der Waals surface area (Å²) in [6.45, 7) is 6.74. The van der Waals surface area contributed by atoms with Gasteiger partial charge in [0.1, 0.15) is 5.75 Å². The molecule has 0 fully saturated rings. The summed E-state index contributed by atoms with van der Waals surface area (Å²) in [7, 11) is 0. The van der Waals surface area contributed by atoms with Crippen LogP contribution in [0.3, 0.4) is 0 Å². The van der Waals surface area contributed by atoms with Crippen molar-refractivity contribution in [3.63, 3.8) is 0 Å². The zero-order chi connectivity index (χ0) is 13.8. The molecule has 1 aromatic heterocycles. The van der Waals surface area contributed by atoms with Gasteiger partial charge in [-0.1, -0.05) is 11.6 Å². The lowest BCUT2D eigenvalue weighted by Gasteiger charge is -2.13. The predicted octanol–water partition coefficient (Wildman–Crippen LogP) is 4.50. The molecule has 1 aromatic carbocycles. The van der Waals surface area contributed by atoms with Gasteiger partial charge in [0.2, 0.25) is 0 Å². The van der Waals surface area contributed by atoms with Gasteiger partial charge in [0, 0.05) is 10.6 Å². The number of rotatable bonds is 5. The quantitative estimate of drug-likeness (QED) is 0.882. The second-order valence-electron chi connectivity index (χ2n) is 4.53. The standard InChI is InChI=1S/C14H17ClN2OS/c1-9(2)18-13-5-4-11(6-12(13)15)16-7-14-10(3)17-8-19-14/h4-6,8-9,16H,7H2,1-3H3. The Balaban J connectivity index is 2.02. The summed E-state index contributed by atoms with van der Waals surface area (Å²) < 4.78 is 5.60. The fourth-order valence-electron chi connectivity index (χ4n) is 1.64. The molecule has 0 saturated carbocycles. The SMILES string of the molecule is Cc1ncsc1CNc1ccc(OC(C)C)c(Cl)c1. The van der Waals surface area contributed by atoms with Gasteiger partial charge in [0.15, 0.2) is 0 Å². The van der Waals surface area contributed by atoms with E-state index in [0.717, 1.165) is 23.7 Å². The highest BCUT2D eigenvalue weighted by Gasteiger charge is 2.06. The minimum absolute atomic E-state index is 0.121. The Labute approximate surface area is 122 Å². The van der Waals surface area contributed by atoms with Gasteiger partial charge >= 0.3 is 0 Å². The van der Waals surface area contributed by atoms with Crippen LogP contribution in [-0.4, -0.2) is 11.1 Å². The van der Waals surface area contributed by atoms with E-state index in [1.54, 1.807) is 11.3 Å². The summed E-state index contributed by atoms with van der Waals surface area (Å²) in [5, 5.41) is 3.96. The summed E-state index contributed by atoms with van der Waals surface area (Å²) >= 11 is 7.84. The number of halogens is 1. The third-order valence-electron chi connectivity index (χ3n) is 2.59. The van der Waals surface area contributed by atoms with Crippen molar-refractivity contribution in [3.05, 3.63) is 39.3 Å². The predicted molar refractivity (Wildman–Crippen MR) is 81.4 cm³/mol. The first-order valence-electron chi connectivity index (χ1n) is 6.15. The number of hydrogen-bond acceptors (Lipinski definition) is 4. The van der Waals surface area contributed by atoms with Crippen LogP contribution in [0.1, 0.15) is 24.4 Å². The Morgan fingerprint density at radius 1 is 1.42 bits per heavy atom. The zero-order valence-corrected chi connectivity index (χ0v) is 12.8. The van der Waals surface area contributed by atoms with Crippen molar-refractivity contribution in [2.75, 3.05) is 5.32 Å². The summed E-state index contributed by atoms with van der Waals surface area (Å²) in [5.74, 6) is 0.719. The molecule has 0 aliphatic rings. The first-order chi connectivity index (χ1) is 9.06. The molecule has 0 spiro atoms. The molecule has 0 amide bonds. The topological polar surface area (TPSA) is 34.2 Å². The summed E-state index contributed by atoms with van der Waals surface area (Å²) in [5.41, 5.74) is 3.91. The molecule has 0 aliphatic heterocycles. The van der Waals surface area contributed by atoms with E-state index >= 15 is 0 Å². The van der Waals surface area contributed by atoms with E-state index in [2.05, 4.69) is 10.3 Å². The minimum Gasteiger partial charge on any atom is -0.489 e. The number of ether oxygens (including phenoxy) is 1. The lowest BCUT2D eigenvalue weighted by atomic mass is 10.3. The maximum Gasteiger partial charge on any atom is 0.138 e. The first-order valence-corrected chi connectivity index (χ1v) is 7.41. The number of thiazole rings is 1. The van der Waals surface area contributed by atoms with E-state index in [0.29, 0.717) is 5.02 Å². The van der Waals surface area contributed by atoms with Crippen molar-refractivity contribution in [2.45, 2.75) is 33.4 Å². The molecule has 2 aromatic rings. The maximum atomic E-state index is 6.19. The Hall–Kier alpha value is -1.26. The van der Waals surface area contributed by atoms with Gasteiger partial charge in [-0.2, -0.15) is 0 Å². The molecular formula is C14H17ClN2OS. The van der Waals surface area contributed by atoms with E-state index in [-0.39, 0.29) is 6.10 Å². The van der Waals surface area contributed by atoms with E-state index < -0.39 is 0 Å². The monoisotopic (exact) mass is 296 g/mol. The van der Waals surface area contributed by atoms with Crippen LogP contribution in [0.2, 0.25) is 5.02 Å². The van der Waals surface area contributed by atoms with E-state index in [1.165, 1.54) is 4.88 Å². The molecule has 0 radical (unpaired) electrons. The molecule has 0 unspecified atom stereocenters. The normalized spacial score (nSPS) is 10.8. The van der Waals surface area contributed by atoms with Crippen LogP contribution in [0.5, 0.6) is 5.75 Å². The molecule has 2 rings (SSSR count). The Bertz CT molecular complexity index is 554. The van der Waals surface area contributed by atoms with Crippen LogP contribution in [0.4, 0.5) is 5.69 Å². The van der Waals surface area contributed by atoms with E-state index in [9.17, 15) is 0 Å². The number of benzene rings is 1. The van der Waals surface area contributed by atoms with Crippen molar-refractivity contribution in [1.82, 2.24) is 4.98 Å². The van der Waals surface area contributed by atoms with Crippen LogP contribution in [0, 0.1) is 6.92 Å². The van der Waals surface area contributed by atoms with Crippen LogP contribution in [0.25, 0.3) is 0 Å². The summed E-state index contributed by atoms with van der Waals surface area (Å²) in [6, 6.07) is 5.75. The van der Waals surface area contributed by atoms with E-state index in [4.69, 9.17) is 16.3 Å². The summed E-state index contributed by atoms with van der Waals surface area (Å²) in [6.07, 6.45) is 0.121. The lowest BCUT2D eigenvalue weighted by molar-refractivity contribution is 0.242. The molecule has 5 heteroatoms. The summed E-state index contributed by atoms with van der Waals surface area (Å²) in [4.78, 5) is 5.46. The van der Waals surface area contributed by atoms with Crippen molar-refractivity contribution >= 4 is 28.6 Å². The van der Waals surface area contributed by atoms with Crippen LogP contribution >= 0.6 is 22.9 Å². The fraction of sp³-hybridized carbons (Fsp3) is 0.357. The molecule has 1 heterocycles. The number of anilines is 1. The number of nitrogens with zero attached hydrogens (tertiary/aromatic N) is 1. The molecular weight excluding hydrogens is 280 g/mol. The first kappa shape index (κ1) is 14.2. The second-order valence-corrected chi connectivity index (χ2v) is 5.87. The third-order valence-corrected chi connectivity index (χ3v) is 3.82. The average Bonchev–Trinajstić information content (AvgIpc) is 2.75. The molecule has 1 N–H and O–H groups in total. The van der Waals surface area contributed by atoms with Gasteiger partial charge in [0.25, 0.3) is 0 Å². The van der Waals surface area contributed by atoms with Gasteiger partial charge in [-0.15, -0.1) is 11.3 Å². The highest BCUT2D eigenvalue weighted by Crippen LogP contribution is 2.29. The maximum absolute atomic E-state index is 6.19. The molecule has 19 heavy (non-hydrogen) atoms. The fourth-order valence-corrected chi connectivity index (χ4v) is 2.58. The molecule has 0 bridgehead atoms. The number of nitrogens with one attached hydrogen (secondary N) is 1. The highest BCUT2D eigenvalue weighted by atomic mass is 35.5. The van der Waals surface area contributed by atoms with Crippen molar-refractivity contribution in [1.29, 1.82) is 0 Å². The Morgan fingerprint density at radius 3 is 2.79 bits per heavy atom. The zero-order valence-electron chi connectivity index (χ0n) is 11.2. The van der Waals surface area contributed by atoms with Crippen molar-refractivity contribution in [2.24, 2.45) is 0 Å². The third kappa shape index (κ3) is 3.85. The van der Waals surface area contributed by atoms with Gasteiger partial charge < -0.3 is 10.1 Å². The van der Waals surface area contributed by atoms with Gasteiger partial charge in [-0.25, -0.2) is 4.98 Å². The average molecular weight is 297 g/mol. The second kappa shape index (κ2) is 6.26. The largest absolute Gasteiger partial charge is 0.489 e. The molecule has 102 valence electrons. The number of hydrogen-bond donors (Lipinski definition) is 1. The van der Waals surface area contributed by atoms with E-state index in [1.807, 2.05) is 44.5 Å². The number of aryl methyl sites for hydroxylation is 1. The van der Waals surface area contributed by atoms with Crippen LogP contribution < -0.4 is 10.1 Å². The van der Waals surface area contributed by atoms with Crippen LogP contribution in [-0.2, 0) is 6.54 Å². The Kier molecular flexibility index (Phi) is 4.66. The van der Waals surface area contributed by atoms with Crippen molar-refractivity contribution < 1.29 is 4.74 Å². The minimum atomic E-state index is 0.121. The molecule has 0 aliphatic carbocycles. The van der Waals surface area contributed by atoms with Gasteiger partial charge in [0.05, 0.1) is 28.9 Å². The number of aromatic nitrogens is 1. The molecule has 3 nitrogen and oxygen atoms in total. The van der Waals surface area contributed by atoms with Crippen LogP contribution in [0.15, 0.2) is 23.7 Å². The highest BCUT2D eigenvalue weighted by molar-refractivity contribution is 7.09. The van der Waals surface area contributed by atoms with Crippen molar-refractivity contribution in [3.8, 4) is 5.75 Å². The molecule has 0 saturated heterocycles. The van der Waals surface area contributed by atoms with Gasteiger partial charge in [-0.3, -0.25) is 0 Å². The lowest BCUT2D eigenvalue weighted by Crippen LogP contribution is -2.06. The smallest absolute Gasteiger partial charge is 0.138 e.